The quantitative estimate of drug-likeness (QED) is 0.218. The van der Waals surface area contributed by atoms with Gasteiger partial charge in [0.15, 0.2) is 11.5 Å². The smallest absolute Gasteiger partial charge is 0.282 e. The van der Waals surface area contributed by atoms with Crippen LogP contribution in [0.3, 0.4) is 0 Å². The van der Waals surface area contributed by atoms with Crippen LogP contribution in [-0.4, -0.2) is 23.0 Å². The SMILES string of the molecule is CC[C@H](C)c1nc2ccc(Br)cc2c(=O)n1N=Cc1cc(Cl)c(OCc2ccccc2C#N)c(OC)c1. The van der Waals surface area contributed by atoms with E-state index in [4.69, 9.17) is 26.1 Å². The third kappa shape index (κ3) is 5.68. The molecule has 3 aromatic carbocycles. The van der Waals surface area contributed by atoms with Gasteiger partial charge in [0.2, 0.25) is 0 Å². The van der Waals surface area contributed by atoms with Crippen molar-refractivity contribution in [3.8, 4) is 17.6 Å². The molecule has 9 heteroatoms. The van der Waals surface area contributed by atoms with Crippen LogP contribution < -0.4 is 15.0 Å². The normalized spacial score (nSPS) is 12.0. The van der Waals surface area contributed by atoms with E-state index in [0.29, 0.717) is 44.4 Å². The van der Waals surface area contributed by atoms with E-state index >= 15 is 0 Å². The van der Waals surface area contributed by atoms with Gasteiger partial charge in [0, 0.05) is 16.0 Å². The third-order valence-electron chi connectivity index (χ3n) is 5.97. The molecule has 1 aromatic heterocycles. The predicted molar refractivity (Wildman–Crippen MR) is 149 cm³/mol. The molecular formula is C28H24BrClN4O3. The molecule has 0 amide bonds. The van der Waals surface area contributed by atoms with Gasteiger partial charge in [0.25, 0.3) is 5.56 Å². The number of fused-ring (bicyclic) bond motifs is 1. The Bertz CT molecular complexity index is 1590. The molecule has 188 valence electrons. The zero-order valence-electron chi connectivity index (χ0n) is 20.5. The second-order valence-corrected chi connectivity index (χ2v) is 9.72. The van der Waals surface area contributed by atoms with Crippen LogP contribution in [0.2, 0.25) is 5.02 Å². The second kappa shape index (κ2) is 11.6. The van der Waals surface area contributed by atoms with Gasteiger partial charge in [-0.25, -0.2) is 4.98 Å². The van der Waals surface area contributed by atoms with Crippen molar-refractivity contribution in [1.82, 2.24) is 9.66 Å². The van der Waals surface area contributed by atoms with E-state index in [1.807, 2.05) is 38.1 Å². The maximum atomic E-state index is 13.4. The van der Waals surface area contributed by atoms with Gasteiger partial charge in [-0.1, -0.05) is 59.6 Å². The van der Waals surface area contributed by atoms with E-state index in [1.54, 1.807) is 36.5 Å². The minimum atomic E-state index is -0.257. The van der Waals surface area contributed by atoms with Gasteiger partial charge in [-0.05, 0) is 48.4 Å². The Hall–Kier alpha value is -3.67. The molecular weight excluding hydrogens is 556 g/mol. The van der Waals surface area contributed by atoms with Gasteiger partial charge >= 0.3 is 0 Å². The predicted octanol–water partition coefficient (Wildman–Crippen LogP) is 6.67. The number of hydrogen-bond donors (Lipinski definition) is 0. The van der Waals surface area contributed by atoms with Gasteiger partial charge in [0.05, 0.1) is 40.9 Å². The minimum Gasteiger partial charge on any atom is -0.493 e. The molecule has 1 atom stereocenters. The van der Waals surface area contributed by atoms with E-state index in [1.165, 1.54) is 11.8 Å². The Morgan fingerprint density at radius 3 is 2.76 bits per heavy atom. The molecule has 0 unspecified atom stereocenters. The molecule has 0 fully saturated rings. The summed E-state index contributed by atoms with van der Waals surface area (Å²) in [6.45, 7) is 4.20. The van der Waals surface area contributed by atoms with Crippen LogP contribution >= 0.6 is 27.5 Å². The molecule has 0 bridgehead atoms. The van der Waals surface area contributed by atoms with Crippen molar-refractivity contribution in [2.24, 2.45) is 5.10 Å². The lowest BCUT2D eigenvalue weighted by Gasteiger charge is -2.15. The fourth-order valence-corrected chi connectivity index (χ4v) is 4.40. The van der Waals surface area contributed by atoms with Gasteiger partial charge in [-0.15, -0.1) is 0 Å². The Morgan fingerprint density at radius 2 is 2.03 bits per heavy atom. The van der Waals surface area contributed by atoms with E-state index < -0.39 is 0 Å². The first-order valence-electron chi connectivity index (χ1n) is 11.6. The van der Waals surface area contributed by atoms with Gasteiger partial charge < -0.3 is 9.47 Å². The topological polar surface area (TPSA) is 89.5 Å². The molecule has 0 saturated heterocycles. The van der Waals surface area contributed by atoms with E-state index in [2.05, 4.69) is 27.1 Å². The van der Waals surface area contributed by atoms with Gasteiger partial charge in [-0.2, -0.15) is 15.0 Å². The summed E-state index contributed by atoms with van der Waals surface area (Å²) < 4.78 is 13.6. The number of methoxy groups -OCH3 is 1. The van der Waals surface area contributed by atoms with Crippen LogP contribution in [0.4, 0.5) is 0 Å². The Balaban J connectivity index is 1.70. The average molecular weight is 580 g/mol. The first-order valence-corrected chi connectivity index (χ1v) is 12.8. The number of rotatable bonds is 8. The van der Waals surface area contributed by atoms with Gasteiger partial charge in [-0.3, -0.25) is 4.79 Å². The van der Waals surface area contributed by atoms with E-state index in [0.717, 1.165) is 16.5 Å². The van der Waals surface area contributed by atoms with Crippen molar-refractivity contribution in [1.29, 1.82) is 5.26 Å². The van der Waals surface area contributed by atoms with Crippen LogP contribution in [0.5, 0.6) is 11.5 Å². The van der Waals surface area contributed by atoms with E-state index in [-0.39, 0.29) is 18.1 Å². The molecule has 4 aromatic rings. The Kier molecular flexibility index (Phi) is 8.27. The highest BCUT2D eigenvalue weighted by molar-refractivity contribution is 9.10. The highest BCUT2D eigenvalue weighted by Crippen LogP contribution is 2.37. The lowest BCUT2D eigenvalue weighted by molar-refractivity contribution is 0.284. The highest BCUT2D eigenvalue weighted by atomic mass is 79.9. The van der Waals surface area contributed by atoms with Crippen LogP contribution in [0.15, 0.2) is 69.0 Å². The summed E-state index contributed by atoms with van der Waals surface area (Å²) in [7, 11) is 1.51. The molecule has 37 heavy (non-hydrogen) atoms. The lowest BCUT2D eigenvalue weighted by Crippen LogP contribution is -2.23. The molecule has 0 aliphatic rings. The van der Waals surface area contributed by atoms with Crippen molar-refractivity contribution in [2.45, 2.75) is 32.8 Å². The fourth-order valence-electron chi connectivity index (χ4n) is 3.76. The molecule has 0 radical (unpaired) electrons. The zero-order chi connectivity index (χ0) is 26.5. The summed E-state index contributed by atoms with van der Waals surface area (Å²) in [5.41, 5.74) is 2.25. The van der Waals surface area contributed by atoms with Crippen LogP contribution in [0.1, 0.15) is 48.7 Å². The molecule has 7 nitrogen and oxygen atoms in total. The van der Waals surface area contributed by atoms with E-state index in [9.17, 15) is 10.1 Å². The minimum absolute atomic E-state index is 0.0167. The molecule has 0 saturated carbocycles. The maximum absolute atomic E-state index is 13.4. The average Bonchev–Trinajstić information content (AvgIpc) is 2.91. The van der Waals surface area contributed by atoms with Crippen molar-refractivity contribution in [3.05, 3.63) is 97.0 Å². The first kappa shape index (κ1) is 26.4. The molecule has 0 aliphatic carbocycles. The first-order chi connectivity index (χ1) is 17.9. The van der Waals surface area contributed by atoms with Crippen molar-refractivity contribution < 1.29 is 9.47 Å². The second-order valence-electron chi connectivity index (χ2n) is 8.39. The number of ether oxygens (including phenoxy) is 2. The molecule has 0 aliphatic heterocycles. The largest absolute Gasteiger partial charge is 0.493 e. The Morgan fingerprint density at radius 1 is 1.24 bits per heavy atom. The number of nitrogens with zero attached hydrogens (tertiary/aromatic N) is 4. The number of hydrogen-bond acceptors (Lipinski definition) is 6. The molecule has 0 spiro atoms. The van der Waals surface area contributed by atoms with Crippen LogP contribution in [-0.2, 0) is 6.61 Å². The standard InChI is InChI=1S/C28H24BrClN4O3/c1-4-17(2)27-33-24-10-9-21(29)13-22(24)28(35)34(27)32-15-18-11-23(30)26(25(12-18)36-3)37-16-20-8-6-5-7-19(20)14-31/h5-13,15,17H,4,16H2,1-3H3/t17-/m0/s1. The molecule has 4 rings (SSSR count). The summed E-state index contributed by atoms with van der Waals surface area (Å²) in [6.07, 6.45) is 2.34. The monoisotopic (exact) mass is 578 g/mol. The molecule has 0 N–H and O–H groups in total. The molecule has 1 heterocycles. The summed E-state index contributed by atoms with van der Waals surface area (Å²) in [5, 5.41) is 14.6. The number of nitriles is 1. The number of halogens is 2. The number of aromatic nitrogens is 2. The van der Waals surface area contributed by atoms with Crippen molar-refractivity contribution in [2.75, 3.05) is 7.11 Å². The van der Waals surface area contributed by atoms with Crippen molar-refractivity contribution >= 4 is 44.6 Å². The summed E-state index contributed by atoms with van der Waals surface area (Å²) in [5.74, 6) is 1.35. The van der Waals surface area contributed by atoms with Crippen molar-refractivity contribution in [3.63, 3.8) is 0 Å². The maximum Gasteiger partial charge on any atom is 0.282 e. The third-order valence-corrected chi connectivity index (χ3v) is 6.74. The highest BCUT2D eigenvalue weighted by Gasteiger charge is 2.17. The van der Waals surface area contributed by atoms with Crippen LogP contribution in [0.25, 0.3) is 10.9 Å². The number of benzene rings is 3. The Labute approximate surface area is 228 Å². The summed E-state index contributed by atoms with van der Waals surface area (Å²) in [4.78, 5) is 18.1. The zero-order valence-corrected chi connectivity index (χ0v) is 22.9. The summed E-state index contributed by atoms with van der Waals surface area (Å²) >= 11 is 9.97. The van der Waals surface area contributed by atoms with Crippen LogP contribution in [0, 0.1) is 11.3 Å². The fraction of sp³-hybridized carbons (Fsp3) is 0.214. The van der Waals surface area contributed by atoms with Gasteiger partial charge in [0.1, 0.15) is 12.4 Å². The summed E-state index contributed by atoms with van der Waals surface area (Å²) in [6, 6.07) is 18.2. The lowest BCUT2D eigenvalue weighted by atomic mass is 10.1.